The molecule has 2 aliphatic heterocycles. The van der Waals surface area contributed by atoms with Crippen molar-refractivity contribution in [3.05, 3.63) is 84.5 Å². The SMILES string of the molecule is CC1=CCO[C@H](/C=C/[C@@H]2O[C@@H]([C@@H](O)CO[Si](C)(C)C(C)(C)C)C[C@@H]2O[Si](c2ccccc2)(c2ccccc2)C(C)(C)C)C1. The van der Waals surface area contributed by atoms with Crippen LogP contribution in [0.15, 0.2) is 84.5 Å². The summed E-state index contributed by atoms with van der Waals surface area (Å²) in [4.78, 5) is 0. The van der Waals surface area contributed by atoms with Crippen LogP contribution in [-0.4, -0.2) is 65.5 Å². The first kappa shape index (κ1) is 34.0. The van der Waals surface area contributed by atoms with E-state index in [0.29, 0.717) is 13.0 Å². The average Bonchev–Trinajstić information content (AvgIpc) is 3.36. The van der Waals surface area contributed by atoms with Crippen LogP contribution in [0.4, 0.5) is 0 Å². The van der Waals surface area contributed by atoms with Gasteiger partial charge in [-0.15, -0.1) is 0 Å². The van der Waals surface area contributed by atoms with Gasteiger partial charge in [0, 0.05) is 6.42 Å². The predicted molar refractivity (Wildman–Crippen MR) is 182 cm³/mol. The van der Waals surface area contributed by atoms with E-state index in [1.807, 2.05) is 0 Å². The number of hydrogen-bond donors (Lipinski definition) is 1. The van der Waals surface area contributed by atoms with E-state index in [2.05, 4.69) is 140 Å². The molecule has 5 atom stereocenters. The van der Waals surface area contributed by atoms with E-state index in [9.17, 15) is 5.11 Å². The summed E-state index contributed by atoms with van der Waals surface area (Å²) >= 11 is 0. The maximum atomic E-state index is 11.4. The summed E-state index contributed by atoms with van der Waals surface area (Å²) in [6, 6.07) is 21.4. The Hall–Kier alpha value is -1.85. The van der Waals surface area contributed by atoms with E-state index in [4.69, 9.17) is 18.3 Å². The number of aliphatic hydroxyl groups excluding tert-OH is 1. The molecule has 2 heterocycles. The first-order valence-corrected chi connectivity index (χ1v) is 20.7. The monoisotopic (exact) mass is 622 g/mol. The van der Waals surface area contributed by atoms with Gasteiger partial charge in [0.1, 0.15) is 12.2 Å². The molecule has 2 aromatic rings. The lowest BCUT2D eigenvalue weighted by Gasteiger charge is -2.45. The summed E-state index contributed by atoms with van der Waals surface area (Å²) in [5.74, 6) is 0. The molecule has 0 unspecified atom stereocenters. The third kappa shape index (κ3) is 7.88. The van der Waals surface area contributed by atoms with Crippen molar-refractivity contribution in [3.8, 4) is 0 Å². The van der Waals surface area contributed by atoms with Crippen LogP contribution in [0.1, 0.15) is 61.3 Å². The Labute approximate surface area is 262 Å². The summed E-state index contributed by atoms with van der Waals surface area (Å²) in [6.07, 6.45) is 6.16. The van der Waals surface area contributed by atoms with Crippen molar-refractivity contribution in [2.24, 2.45) is 0 Å². The Kier molecular flexibility index (Phi) is 10.8. The molecule has 5 nitrogen and oxygen atoms in total. The fourth-order valence-electron chi connectivity index (χ4n) is 5.91. The van der Waals surface area contributed by atoms with E-state index in [1.165, 1.54) is 15.9 Å². The number of ether oxygens (including phenoxy) is 2. The molecule has 1 saturated heterocycles. The fraction of sp³-hybridized carbons (Fsp3) is 0.556. The standard InChI is InChI=1S/C36H54O5Si2/c1-27-22-23-38-28(24-27)20-21-32-34(25-33(40-32)31(37)26-39-42(8,9)35(2,3)4)41-43(36(5,6)7,29-16-12-10-13-17-29)30-18-14-11-15-19-30/h10-22,28,31-34,37H,23-26H2,1-9H3/b21-20+/t28-,31+,32+,33-,34+/m1/s1. The Morgan fingerprint density at radius 2 is 1.49 bits per heavy atom. The molecule has 0 amide bonds. The van der Waals surface area contributed by atoms with E-state index in [-0.39, 0.29) is 35.0 Å². The number of aliphatic hydroxyl groups is 1. The van der Waals surface area contributed by atoms with Gasteiger partial charge in [-0.3, -0.25) is 0 Å². The molecule has 0 aromatic heterocycles. The zero-order valence-electron chi connectivity index (χ0n) is 27.8. The lowest BCUT2D eigenvalue weighted by molar-refractivity contribution is -0.0442. The Morgan fingerprint density at radius 3 is 2.00 bits per heavy atom. The predicted octanol–water partition coefficient (Wildman–Crippen LogP) is 6.76. The molecular formula is C36H54O5Si2. The molecule has 43 heavy (non-hydrogen) atoms. The molecule has 2 aliphatic rings. The van der Waals surface area contributed by atoms with Gasteiger partial charge < -0.3 is 23.4 Å². The van der Waals surface area contributed by atoms with Crippen LogP contribution >= 0.6 is 0 Å². The van der Waals surface area contributed by atoms with E-state index in [0.717, 1.165) is 6.42 Å². The van der Waals surface area contributed by atoms with E-state index in [1.54, 1.807) is 0 Å². The highest BCUT2D eigenvalue weighted by atomic mass is 28.4. The van der Waals surface area contributed by atoms with Crippen molar-refractivity contribution in [3.63, 3.8) is 0 Å². The zero-order valence-corrected chi connectivity index (χ0v) is 29.8. The van der Waals surface area contributed by atoms with Crippen molar-refractivity contribution in [1.82, 2.24) is 0 Å². The molecule has 4 rings (SSSR count). The topological polar surface area (TPSA) is 57.2 Å². The number of hydrogen-bond acceptors (Lipinski definition) is 5. The molecule has 1 fully saturated rings. The molecule has 1 N–H and O–H groups in total. The molecule has 0 spiro atoms. The summed E-state index contributed by atoms with van der Waals surface area (Å²) in [6.45, 7) is 21.0. The van der Waals surface area contributed by atoms with Crippen molar-refractivity contribution in [2.75, 3.05) is 13.2 Å². The summed E-state index contributed by atoms with van der Waals surface area (Å²) in [5, 5.41) is 13.8. The second-order valence-electron chi connectivity index (χ2n) is 14.8. The minimum atomic E-state index is -2.83. The molecule has 7 heteroatoms. The van der Waals surface area contributed by atoms with Gasteiger partial charge in [0.15, 0.2) is 8.32 Å². The second kappa shape index (κ2) is 13.6. The van der Waals surface area contributed by atoms with Gasteiger partial charge in [-0.25, -0.2) is 0 Å². The Morgan fingerprint density at radius 1 is 0.907 bits per heavy atom. The maximum absolute atomic E-state index is 11.4. The van der Waals surface area contributed by atoms with Gasteiger partial charge in [-0.1, -0.05) is 126 Å². The van der Waals surface area contributed by atoms with Crippen LogP contribution in [0.3, 0.4) is 0 Å². The van der Waals surface area contributed by atoms with Crippen LogP contribution < -0.4 is 10.4 Å². The second-order valence-corrected chi connectivity index (χ2v) is 23.9. The van der Waals surface area contributed by atoms with Crippen LogP contribution in [0.2, 0.25) is 23.2 Å². The van der Waals surface area contributed by atoms with Gasteiger partial charge in [0.2, 0.25) is 0 Å². The van der Waals surface area contributed by atoms with Crippen molar-refractivity contribution in [1.29, 1.82) is 0 Å². The highest BCUT2D eigenvalue weighted by Crippen LogP contribution is 2.41. The summed E-state index contributed by atoms with van der Waals surface area (Å²) in [7, 11) is -4.86. The average molecular weight is 623 g/mol. The van der Waals surface area contributed by atoms with Crippen LogP contribution in [0.25, 0.3) is 0 Å². The Bertz CT molecular complexity index is 1190. The molecule has 2 aromatic carbocycles. The van der Waals surface area contributed by atoms with Gasteiger partial charge in [-0.2, -0.15) is 0 Å². The molecule has 0 aliphatic carbocycles. The van der Waals surface area contributed by atoms with Crippen molar-refractivity contribution in [2.45, 2.75) is 115 Å². The van der Waals surface area contributed by atoms with Crippen molar-refractivity contribution < 1.29 is 23.4 Å². The molecule has 0 bridgehead atoms. The molecule has 0 radical (unpaired) electrons. The summed E-state index contributed by atoms with van der Waals surface area (Å²) < 4.78 is 26.7. The largest absolute Gasteiger partial charge is 0.414 e. The third-order valence-corrected chi connectivity index (χ3v) is 19.1. The van der Waals surface area contributed by atoms with Gasteiger partial charge in [0.05, 0.1) is 31.5 Å². The minimum Gasteiger partial charge on any atom is -0.414 e. The van der Waals surface area contributed by atoms with Crippen LogP contribution in [-0.2, 0) is 18.3 Å². The van der Waals surface area contributed by atoms with Gasteiger partial charge in [-0.05, 0) is 46.9 Å². The third-order valence-electron chi connectivity index (χ3n) is 9.54. The van der Waals surface area contributed by atoms with Gasteiger partial charge in [0.25, 0.3) is 8.32 Å². The summed E-state index contributed by atoms with van der Waals surface area (Å²) in [5.41, 5.74) is 1.34. The first-order chi connectivity index (χ1) is 20.1. The van der Waals surface area contributed by atoms with Crippen LogP contribution in [0, 0.1) is 0 Å². The number of rotatable bonds is 10. The number of benzene rings is 2. The zero-order chi connectivity index (χ0) is 31.5. The highest BCUT2D eigenvalue weighted by molar-refractivity contribution is 6.99. The van der Waals surface area contributed by atoms with Crippen molar-refractivity contribution >= 4 is 27.0 Å². The molecular weight excluding hydrogens is 569 g/mol. The molecule has 236 valence electrons. The minimum absolute atomic E-state index is 0.00741. The van der Waals surface area contributed by atoms with E-state index < -0.39 is 28.8 Å². The quantitative estimate of drug-likeness (QED) is 0.234. The first-order valence-electron chi connectivity index (χ1n) is 15.9. The lowest BCUT2D eigenvalue weighted by atomic mass is 10.0. The van der Waals surface area contributed by atoms with E-state index >= 15 is 0 Å². The van der Waals surface area contributed by atoms with Gasteiger partial charge >= 0.3 is 0 Å². The van der Waals surface area contributed by atoms with Crippen LogP contribution in [0.5, 0.6) is 0 Å². The fourth-order valence-corrected chi connectivity index (χ4v) is 11.6. The molecule has 0 saturated carbocycles. The smallest absolute Gasteiger partial charge is 0.261 e. The maximum Gasteiger partial charge on any atom is 0.261 e. The highest BCUT2D eigenvalue weighted by Gasteiger charge is 2.54. The Balaban J connectivity index is 1.68. The normalized spacial score (nSPS) is 24.7. The lowest BCUT2D eigenvalue weighted by Crippen LogP contribution is -2.68.